The average molecular weight is 390 g/mol. The minimum atomic E-state index is -0.836. The molecule has 0 bridgehead atoms. The van der Waals surface area contributed by atoms with Crippen LogP contribution in [0.3, 0.4) is 0 Å². The molecule has 28 heavy (non-hydrogen) atoms. The van der Waals surface area contributed by atoms with Crippen molar-refractivity contribution in [1.29, 1.82) is 0 Å². The second-order valence-electron chi connectivity index (χ2n) is 7.16. The van der Waals surface area contributed by atoms with Gasteiger partial charge in [-0.25, -0.2) is 10.3 Å². The average Bonchev–Trinajstić information content (AvgIpc) is 3.23. The number of carbonyl (C=O) groups excluding carboxylic acids is 3. The van der Waals surface area contributed by atoms with Crippen LogP contribution in [-0.4, -0.2) is 66.8 Å². The first-order chi connectivity index (χ1) is 13.5. The monoisotopic (exact) mass is 390 g/mol. The van der Waals surface area contributed by atoms with Gasteiger partial charge in [-0.2, -0.15) is 0 Å². The van der Waals surface area contributed by atoms with E-state index in [1.807, 2.05) is 18.2 Å². The van der Waals surface area contributed by atoms with Gasteiger partial charge in [-0.15, -0.1) is 0 Å². The van der Waals surface area contributed by atoms with E-state index in [-0.39, 0.29) is 24.8 Å². The summed E-state index contributed by atoms with van der Waals surface area (Å²) in [7, 11) is 1.44. The van der Waals surface area contributed by atoms with E-state index in [2.05, 4.69) is 22.8 Å². The zero-order valence-electron chi connectivity index (χ0n) is 15.8. The molecule has 0 aromatic heterocycles. The van der Waals surface area contributed by atoms with Crippen molar-refractivity contribution in [1.82, 2.24) is 21.0 Å². The zero-order chi connectivity index (χ0) is 20.1. The summed E-state index contributed by atoms with van der Waals surface area (Å²) in [6.45, 7) is 1.46. The van der Waals surface area contributed by atoms with Crippen LogP contribution in [0.4, 0.5) is 4.79 Å². The highest BCUT2D eigenvalue weighted by molar-refractivity contribution is 5.90. The van der Waals surface area contributed by atoms with Crippen LogP contribution in [0.1, 0.15) is 24.3 Å². The molecule has 2 aliphatic rings. The molecule has 9 heteroatoms. The van der Waals surface area contributed by atoms with Gasteiger partial charge < -0.3 is 20.3 Å². The van der Waals surface area contributed by atoms with Gasteiger partial charge in [-0.3, -0.25) is 14.8 Å². The number of carbonyl (C=O) groups is 3. The molecule has 0 spiro atoms. The minimum Gasteiger partial charge on any atom is -0.445 e. The van der Waals surface area contributed by atoms with Crippen LogP contribution in [0.25, 0.3) is 0 Å². The van der Waals surface area contributed by atoms with Crippen molar-refractivity contribution >= 4 is 17.9 Å². The van der Waals surface area contributed by atoms with Crippen molar-refractivity contribution in [3.05, 3.63) is 35.9 Å². The summed E-state index contributed by atoms with van der Waals surface area (Å²) >= 11 is 0. The molecule has 0 saturated carbocycles. The van der Waals surface area contributed by atoms with E-state index >= 15 is 0 Å². The maximum Gasteiger partial charge on any atom is 0.407 e. The summed E-state index contributed by atoms with van der Waals surface area (Å²) in [6, 6.07) is 9.27. The van der Waals surface area contributed by atoms with Gasteiger partial charge >= 0.3 is 6.09 Å². The highest BCUT2D eigenvalue weighted by atomic mass is 16.6. The second kappa shape index (κ2) is 9.03. The third-order valence-electron chi connectivity index (χ3n) is 5.45. The lowest BCUT2D eigenvalue weighted by molar-refractivity contribution is -0.145. The van der Waals surface area contributed by atoms with Gasteiger partial charge in [-0.05, 0) is 18.4 Å². The van der Waals surface area contributed by atoms with Gasteiger partial charge in [0.05, 0.1) is 12.0 Å². The van der Waals surface area contributed by atoms with Crippen LogP contribution >= 0.6 is 0 Å². The first-order valence-electron chi connectivity index (χ1n) is 9.43. The summed E-state index contributed by atoms with van der Waals surface area (Å²) < 4.78 is 5.19. The van der Waals surface area contributed by atoms with Crippen molar-refractivity contribution in [2.24, 2.45) is 5.92 Å². The lowest BCUT2D eigenvalue weighted by Crippen LogP contribution is -2.59. The number of hydroxylamine groups is 1. The first kappa shape index (κ1) is 20.1. The number of nitrogens with one attached hydrogen (secondary N) is 3. The molecular weight excluding hydrogens is 364 g/mol. The van der Waals surface area contributed by atoms with E-state index in [1.165, 1.54) is 12.6 Å². The predicted molar refractivity (Wildman–Crippen MR) is 99.5 cm³/mol. The number of ether oxygens (including phenoxy) is 1. The van der Waals surface area contributed by atoms with E-state index < -0.39 is 30.1 Å². The number of rotatable bonds is 4. The highest BCUT2D eigenvalue weighted by Crippen LogP contribution is 2.29. The molecule has 1 aromatic carbocycles. The second-order valence-corrected chi connectivity index (χ2v) is 7.16. The number of hydrogen-bond acceptors (Lipinski definition) is 6. The normalized spacial score (nSPS) is 27.1. The lowest BCUT2D eigenvalue weighted by atomic mass is 9.87. The van der Waals surface area contributed by atoms with Crippen LogP contribution in [0.2, 0.25) is 0 Å². The standard InChI is InChI=1S/C19H26N4O5/c1-20-19(26)28-14-9-15(17(24)22-27)16(21-10-14)18(25)23-8-7-13(11-23)12-5-3-2-4-6-12/h2-6,13-16,21,27H,7-11H2,1H3,(H,20,26)(H,22,24)/t13-,14?,15?,16?/m0/s1. The zero-order valence-corrected chi connectivity index (χ0v) is 15.8. The van der Waals surface area contributed by atoms with Gasteiger partial charge in [0.2, 0.25) is 11.8 Å². The van der Waals surface area contributed by atoms with Crippen molar-refractivity contribution in [3.63, 3.8) is 0 Å². The highest BCUT2D eigenvalue weighted by Gasteiger charge is 2.43. The van der Waals surface area contributed by atoms with E-state index in [4.69, 9.17) is 9.94 Å². The van der Waals surface area contributed by atoms with Crippen molar-refractivity contribution < 1.29 is 24.3 Å². The molecule has 1 aromatic rings. The molecule has 2 saturated heterocycles. The molecule has 2 aliphatic heterocycles. The van der Waals surface area contributed by atoms with Crippen LogP contribution < -0.4 is 16.1 Å². The Balaban J connectivity index is 1.66. The Kier molecular flexibility index (Phi) is 6.48. The molecular formula is C19H26N4O5. The molecule has 0 aliphatic carbocycles. The largest absolute Gasteiger partial charge is 0.445 e. The number of alkyl carbamates (subject to hydrolysis) is 1. The summed E-state index contributed by atoms with van der Waals surface area (Å²) in [5.74, 6) is -1.42. The minimum absolute atomic E-state index is 0.152. The van der Waals surface area contributed by atoms with E-state index in [0.717, 1.165) is 6.42 Å². The van der Waals surface area contributed by atoms with Gasteiger partial charge in [0.15, 0.2) is 0 Å². The fraction of sp³-hybridized carbons (Fsp3) is 0.526. The van der Waals surface area contributed by atoms with Crippen LogP contribution in [-0.2, 0) is 14.3 Å². The number of amides is 3. The Bertz CT molecular complexity index is 714. The maximum absolute atomic E-state index is 13.1. The summed E-state index contributed by atoms with van der Waals surface area (Å²) in [4.78, 5) is 38.4. The van der Waals surface area contributed by atoms with Crippen LogP contribution in [0.15, 0.2) is 30.3 Å². The Labute approximate surface area is 163 Å². The molecule has 3 rings (SSSR count). The molecule has 3 amide bonds. The van der Waals surface area contributed by atoms with Crippen molar-refractivity contribution in [2.75, 3.05) is 26.7 Å². The van der Waals surface area contributed by atoms with Gasteiger partial charge in [0.1, 0.15) is 6.10 Å². The van der Waals surface area contributed by atoms with Crippen molar-refractivity contribution in [3.8, 4) is 0 Å². The third-order valence-corrected chi connectivity index (χ3v) is 5.45. The van der Waals surface area contributed by atoms with Crippen molar-refractivity contribution in [2.45, 2.75) is 30.9 Å². The molecule has 4 N–H and O–H groups in total. The number of benzene rings is 1. The Morgan fingerprint density at radius 3 is 2.68 bits per heavy atom. The van der Waals surface area contributed by atoms with E-state index in [0.29, 0.717) is 13.1 Å². The quantitative estimate of drug-likeness (QED) is 0.431. The SMILES string of the molecule is CNC(=O)OC1CNC(C(=O)N2CC[C@H](c3ccccc3)C2)C(C(=O)NO)C1. The molecule has 2 fully saturated rings. The number of likely N-dealkylation sites (tertiary alicyclic amines) is 1. The first-order valence-corrected chi connectivity index (χ1v) is 9.43. The van der Waals surface area contributed by atoms with Gasteiger partial charge in [0, 0.05) is 32.6 Å². The molecule has 9 nitrogen and oxygen atoms in total. The fourth-order valence-electron chi connectivity index (χ4n) is 3.96. The van der Waals surface area contributed by atoms with Crippen LogP contribution in [0, 0.1) is 5.92 Å². The summed E-state index contributed by atoms with van der Waals surface area (Å²) in [5.41, 5.74) is 2.82. The number of hydrogen-bond donors (Lipinski definition) is 4. The Morgan fingerprint density at radius 2 is 2.00 bits per heavy atom. The summed E-state index contributed by atoms with van der Waals surface area (Å²) in [5, 5.41) is 14.5. The number of piperidine rings is 1. The summed E-state index contributed by atoms with van der Waals surface area (Å²) in [6.07, 6.45) is -0.159. The maximum atomic E-state index is 13.1. The molecule has 4 atom stereocenters. The number of nitrogens with zero attached hydrogens (tertiary/aromatic N) is 1. The molecule has 152 valence electrons. The Hall–Kier alpha value is -2.65. The predicted octanol–water partition coefficient (Wildman–Crippen LogP) is 0.211. The lowest BCUT2D eigenvalue weighted by Gasteiger charge is -2.36. The van der Waals surface area contributed by atoms with E-state index in [1.54, 1.807) is 10.4 Å². The van der Waals surface area contributed by atoms with E-state index in [9.17, 15) is 14.4 Å². The molecule has 2 heterocycles. The molecule has 3 unspecified atom stereocenters. The third kappa shape index (κ3) is 4.42. The topological polar surface area (TPSA) is 120 Å². The smallest absolute Gasteiger partial charge is 0.407 e. The Morgan fingerprint density at radius 1 is 1.25 bits per heavy atom. The molecule has 0 radical (unpaired) electrons. The van der Waals surface area contributed by atoms with Crippen LogP contribution in [0.5, 0.6) is 0 Å². The van der Waals surface area contributed by atoms with Gasteiger partial charge in [0.25, 0.3) is 0 Å². The fourth-order valence-corrected chi connectivity index (χ4v) is 3.96. The van der Waals surface area contributed by atoms with Gasteiger partial charge in [-0.1, -0.05) is 30.3 Å².